The smallest absolute Gasteiger partial charge is 0.166 e. The van der Waals surface area contributed by atoms with Crippen LogP contribution in [0.25, 0.3) is 0 Å². The number of rotatable bonds is 1. The molecule has 0 saturated carbocycles. The van der Waals surface area contributed by atoms with Gasteiger partial charge in [0.25, 0.3) is 0 Å². The minimum Gasteiger partial charge on any atom is -0.305 e. The molecule has 2 unspecified atom stereocenters. The molecule has 0 spiro atoms. The Balaban J connectivity index is 2.35. The standard InChI is InChI=1S/C4H8O2S2/c5-8(6)4-2-1-3-7-4/h4H,1-3H2,(H,5,6). The van der Waals surface area contributed by atoms with Gasteiger partial charge in [-0.25, -0.2) is 4.21 Å². The van der Waals surface area contributed by atoms with Crippen molar-refractivity contribution in [3.8, 4) is 0 Å². The molecule has 0 aromatic carbocycles. The molecule has 1 aliphatic rings. The summed E-state index contributed by atoms with van der Waals surface area (Å²) in [4.78, 5) is 0. The highest BCUT2D eigenvalue weighted by molar-refractivity contribution is 8.10. The summed E-state index contributed by atoms with van der Waals surface area (Å²) in [6, 6.07) is 0. The number of thioether (sulfide) groups is 1. The first kappa shape index (κ1) is 6.58. The van der Waals surface area contributed by atoms with Crippen LogP contribution in [0.5, 0.6) is 0 Å². The van der Waals surface area contributed by atoms with Crippen LogP contribution >= 0.6 is 11.8 Å². The van der Waals surface area contributed by atoms with Gasteiger partial charge < -0.3 is 4.55 Å². The molecule has 1 fully saturated rings. The van der Waals surface area contributed by atoms with Crippen LogP contribution in [-0.4, -0.2) is 19.1 Å². The van der Waals surface area contributed by atoms with Crippen LogP contribution in [0.4, 0.5) is 0 Å². The molecule has 1 heterocycles. The van der Waals surface area contributed by atoms with E-state index in [2.05, 4.69) is 0 Å². The lowest BCUT2D eigenvalue weighted by Gasteiger charge is -1.98. The fourth-order valence-corrected chi connectivity index (χ4v) is 2.76. The lowest BCUT2D eigenvalue weighted by molar-refractivity contribution is 0.559. The Bertz CT molecular complexity index is 98.2. The molecule has 2 nitrogen and oxygen atoms in total. The van der Waals surface area contributed by atoms with E-state index in [1.54, 1.807) is 11.8 Å². The van der Waals surface area contributed by atoms with Gasteiger partial charge in [-0.2, -0.15) is 0 Å². The average molecular weight is 152 g/mol. The van der Waals surface area contributed by atoms with E-state index in [1.165, 1.54) is 0 Å². The van der Waals surface area contributed by atoms with Crippen LogP contribution in [0.3, 0.4) is 0 Å². The summed E-state index contributed by atoms with van der Waals surface area (Å²) in [6.07, 6.45) is 2.01. The lowest BCUT2D eigenvalue weighted by Crippen LogP contribution is -2.03. The van der Waals surface area contributed by atoms with Crippen molar-refractivity contribution in [2.75, 3.05) is 5.75 Å². The Morgan fingerprint density at radius 1 is 1.75 bits per heavy atom. The monoisotopic (exact) mass is 152 g/mol. The van der Waals surface area contributed by atoms with Crippen molar-refractivity contribution >= 4 is 22.8 Å². The SMILES string of the molecule is O=S(O)C1CCCS1. The van der Waals surface area contributed by atoms with Crippen LogP contribution in [0.2, 0.25) is 0 Å². The summed E-state index contributed by atoms with van der Waals surface area (Å²) >= 11 is 0.0224. The van der Waals surface area contributed by atoms with Gasteiger partial charge in [0, 0.05) is 0 Å². The van der Waals surface area contributed by atoms with Crippen molar-refractivity contribution in [2.24, 2.45) is 0 Å². The Kier molecular flexibility index (Phi) is 2.34. The summed E-state index contributed by atoms with van der Waals surface area (Å²) in [5, 5.41) is 0. The zero-order chi connectivity index (χ0) is 5.98. The van der Waals surface area contributed by atoms with Crippen molar-refractivity contribution in [3.05, 3.63) is 0 Å². The third-order valence-corrected chi connectivity index (χ3v) is 3.83. The molecule has 4 heteroatoms. The van der Waals surface area contributed by atoms with Crippen LogP contribution in [0.15, 0.2) is 0 Å². The lowest BCUT2D eigenvalue weighted by atomic mass is 10.4. The zero-order valence-corrected chi connectivity index (χ0v) is 6.00. The number of hydrogen-bond donors (Lipinski definition) is 1. The topological polar surface area (TPSA) is 37.3 Å². The summed E-state index contributed by atoms with van der Waals surface area (Å²) in [5.74, 6) is 1.05. The fraction of sp³-hybridized carbons (Fsp3) is 1.00. The van der Waals surface area contributed by atoms with E-state index in [1.807, 2.05) is 0 Å². The van der Waals surface area contributed by atoms with Gasteiger partial charge in [-0.05, 0) is 18.6 Å². The Morgan fingerprint density at radius 3 is 2.75 bits per heavy atom. The third kappa shape index (κ3) is 1.47. The molecular weight excluding hydrogens is 144 g/mol. The van der Waals surface area contributed by atoms with Crippen LogP contribution in [0.1, 0.15) is 12.8 Å². The van der Waals surface area contributed by atoms with Crippen molar-refractivity contribution in [3.63, 3.8) is 0 Å². The summed E-state index contributed by atoms with van der Waals surface area (Å²) in [6.45, 7) is 0. The molecule has 1 rings (SSSR count). The van der Waals surface area contributed by atoms with Crippen LogP contribution in [-0.2, 0) is 11.1 Å². The van der Waals surface area contributed by atoms with Gasteiger partial charge in [-0.1, -0.05) is 0 Å². The summed E-state index contributed by atoms with van der Waals surface area (Å²) in [5.41, 5.74) is 0. The fourth-order valence-electron chi connectivity index (χ4n) is 0.707. The largest absolute Gasteiger partial charge is 0.305 e. The van der Waals surface area contributed by atoms with Gasteiger partial charge in [0.05, 0.1) is 0 Å². The predicted molar refractivity (Wildman–Crippen MR) is 36.3 cm³/mol. The van der Waals surface area contributed by atoms with Gasteiger partial charge in [0.2, 0.25) is 0 Å². The van der Waals surface area contributed by atoms with E-state index in [4.69, 9.17) is 4.55 Å². The van der Waals surface area contributed by atoms with Gasteiger partial charge >= 0.3 is 0 Å². The highest BCUT2D eigenvalue weighted by atomic mass is 32.2. The molecule has 2 atom stereocenters. The normalized spacial score (nSPS) is 32.9. The Morgan fingerprint density at radius 2 is 2.50 bits per heavy atom. The summed E-state index contributed by atoms with van der Waals surface area (Å²) in [7, 11) is 0. The zero-order valence-electron chi connectivity index (χ0n) is 4.37. The van der Waals surface area contributed by atoms with E-state index in [-0.39, 0.29) is 4.58 Å². The molecule has 0 amide bonds. The van der Waals surface area contributed by atoms with Crippen molar-refractivity contribution in [1.82, 2.24) is 0 Å². The van der Waals surface area contributed by atoms with Crippen molar-refractivity contribution in [2.45, 2.75) is 17.4 Å². The minimum absolute atomic E-state index is 0.00926. The molecule has 0 aromatic rings. The second kappa shape index (κ2) is 2.85. The molecule has 8 heavy (non-hydrogen) atoms. The summed E-state index contributed by atoms with van der Waals surface area (Å²) < 4.78 is 18.8. The van der Waals surface area contributed by atoms with Gasteiger partial charge in [-0.15, -0.1) is 11.8 Å². The van der Waals surface area contributed by atoms with Gasteiger partial charge in [0.1, 0.15) is 4.58 Å². The molecule has 1 N–H and O–H groups in total. The molecule has 48 valence electrons. The van der Waals surface area contributed by atoms with E-state index in [9.17, 15) is 4.21 Å². The highest BCUT2D eigenvalue weighted by Crippen LogP contribution is 2.27. The quantitative estimate of drug-likeness (QED) is 0.571. The maximum atomic E-state index is 10.3. The highest BCUT2D eigenvalue weighted by Gasteiger charge is 2.19. The second-order valence-corrected chi connectivity index (χ2v) is 4.45. The van der Waals surface area contributed by atoms with Crippen LogP contribution in [0, 0.1) is 0 Å². The number of hydrogen-bond acceptors (Lipinski definition) is 2. The van der Waals surface area contributed by atoms with Crippen LogP contribution < -0.4 is 0 Å². The maximum Gasteiger partial charge on any atom is 0.166 e. The van der Waals surface area contributed by atoms with Crippen molar-refractivity contribution < 1.29 is 8.76 Å². The molecular formula is C4H8O2S2. The first-order valence-electron chi connectivity index (χ1n) is 2.52. The Hall–Kier alpha value is 0.460. The van der Waals surface area contributed by atoms with E-state index in [0.29, 0.717) is 0 Å². The van der Waals surface area contributed by atoms with E-state index in [0.717, 1.165) is 18.6 Å². The van der Waals surface area contributed by atoms with Gasteiger partial charge in [0.15, 0.2) is 11.1 Å². The molecule has 0 aromatic heterocycles. The minimum atomic E-state index is -1.58. The second-order valence-electron chi connectivity index (χ2n) is 1.72. The Labute approximate surface area is 55.3 Å². The molecule has 1 saturated heterocycles. The maximum absolute atomic E-state index is 10.3. The molecule has 0 radical (unpaired) electrons. The van der Waals surface area contributed by atoms with E-state index < -0.39 is 11.1 Å². The van der Waals surface area contributed by atoms with Gasteiger partial charge in [-0.3, -0.25) is 0 Å². The molecule has 0 aliphatic carbocycles. The predicted octanol–water partition coefficient (Wildman–Crippen LogP) is 1.06. The van der Waals surface area contributed by atoms with E-state index >= 15 is 0 Å². The molecule has 0 bridgehead atoms. The first-order valence-corrected chi connectivity index (χ1v) is 4.74. The molecule has 1 aliphatic heterocycles. The third-order valence-electron chi connectivity index (χ3n) is 1.11. The first-order chi connectivity index (χ1) is 3.80. The average Bonchev–Trinajstić information content (AvgIpc) is 2.12. The van der Waals surface area contributed by atoms with Crippen molar-refractivity contribution in [1.29, 1.82) is 0 Å².